The number of benzene rings is 1. The molecule has 1 N–H and O–H groups in total. The van der Waals surface area contributed by atoms with E-state index in [1.165, 1.54) is 24.3 Å². The van der Waals surface area contributed by atoms with Crippen molar-refractivity contribution < 1.29 is 9.72 Å². The molecule has 1 rings (SSSR count). The average Bonchev–Trinajstić information content (AvgIpc) is 2.43. The molecule has 0 bridgehead atoms. The summed E-state index contributed by atoms with van der Waals surface area (Å²) in [6.45, 7) is 2.71. The molecule has 19 heavy (non-hydrogen) atoms. The largest absolute Gasteiger partial charge is 0.352 e. The molecule has 1 unspecified atom stereocenters. The maximum atomic E-state index is 11.9. The number of alkyl halides is 1. The van der Waals surface area contributed by atoms with Gasteiger partial charge >= 0.3 is 0 Å². The fourth-order valence-corrected chi connectivity index (χ4v) is 2.33. The number of amides is 1. The monoisotopic (exact) mass is 328 g/mol. The van der Waals surface area contributed by atoms with Crippen LogP contribution in [0.1, 0.15) is 30.1 Å². The fraction of sp³-hybridized carbons (Fsp3) is 0.462. The van der Waals surface area contributed by atoms with Gasteiger partial charge in [0.25, 0.3) is 11.6 Å². The lowest BCUT2D eigenvalue weighted by molar-refractivity contribution is -0.384. The molecule has 0 heterocycles. The number of halogens is 1. The lowest BCUT2D eigenvalue weighted by Crippen LogP contribution is -2.29. The predicted molar refractivity (Wildman–Crippen MR) is 77.6 cm³/mol. The van der Waals surface area contributed by atoms with E-state index in [-0.39, 0.29) is 11.6 Å². The number of carbonyl (C=O) groups excluding carboxylic acids is 1. The van der Waals surface area contributed by atoms with E-state index in [0.717, 1.165) is 18.2 Å². The van der Waals surface area contributed by atoms with E-state index in [2.05, 4.69) is 28.2 Å². The van der Waals surface area contributed by atoms with Crippen molar-refractivity contribution in [1.82, 2.24) is 5.32 Å². The minimum Gasteiger partial charge on any atom is -0.352 e. The van der Waals surface area contributed by atoms with Crippen LogP contribution in [0.4, 0.5) is 5.69 Å². The number of non-ortho nitro benzene ring substituents is 1. The maximum Gasteiger partial charge on any atom is 0.269 e. The van der Waals surface area contributed by atoms with Crippen LogP contribution in [0.25, 0.3) is 0 Å². The highest BCUT2D eigenvalue weighted by Gasteiger charge is 2.11. The van der Waals surface area contributed by atoms with Gasteiger partial charge in [-0.3, -0.25) is 14.9 Å². The number of nitro groups is 1. The number of rotatable bonds is 7. The number of nitrogens with zero attached hydrogens (tertiary/aromatic N) is 1. The first-order valence-corrected chi connectivity index (χ1v) is 7.29. The molecule has 0 aliphatic heterocycles. The molecule has 0 saturated carbocycles. The highest BCUT2D eigenvalue weighted by Crippen LogP contribution is 2.12. The molecule has 5 nitrogen and oxygen atoms in total. The zero-order chi connectivity index (χ0) is 14.3. The Balaban J connectivity index is 2.55. The summed E-state index contributed by atoms with van der Waals surface area (Å²) in [6.07, 6.45) is 2.02. The molecule has 0 radical (unpaired) electrons. The van der Waals surface area contributed by atoms with E-state index in [1.54, 1.807) is 0 Å². The summed E-state index contributed by atoms with van der Waals surface area (Å²) in [5.74, 6) is 0.254. The second-order valence-electron chi connectivity index (χ2n) is 4.27. The van der Waals surface area contributed by atoms with Crippen LogP contribution in [0.2, 0.25) is 0 Å². The van der Waals surface area contributed by atoms with Crippen molar-refractivity contribution in [3.05, 3.63) is 39.9 Å². The molecule has 0 saturated heterocycles. The smallest absolute Gasteiger partial charge is 0.269 e. The van der Waals surface area contributed by atoms with Gasteiger partial charge in [0.1, 0.15) is 0 Å². The quantitative estimate of drug-likeness (QED) is 0.474. The van der Waals surface area contributed by atoms with Gasteiger partial charge < -0.3 is 5.32 Å². The van der Waals surface area contributed by atoms with Crippen LogP contribution in [-0.4, -0.2) is 22.7 Å². The van der Waals surface area contributed by atoms with Crippen LogP contribution in [-0.2, 0) is 0 Å². The van der Waals surface area contributed by atoms with Gasteiger partial charge in [0, 0.05) is 29.6 Å². The van der Waals surface area contributed by atoms with Gasteiger partial charge in [-0.25, -0.2) is 0 Å². The molecule has 0 aliphatic carbocycles. The minimum atomic E-state index is -0.481. The Bertz CT molecular complexity index is 434. The van der Waals surface area contributed by atoms with Crippen molar-refractivity contribution in [3.63, 3.8) is 0 Å². The van der Waals surface area contributed by atoms with Crippen LogP contribution in [0.3, 0.4) is 0 Å². The molecule has 0 spiro atoms. The molecule has 1 aromatic carbocycles. The van der Waals surface area contributed by atoms with Crippen molar-refractivity contribution >= 4 is 27.5 Å². The summed E-state index contributed by atoms with van der Waals surface area (Å²) in [4.78, 5) is 21.9. The Morgan fingerprint density at radius 1 is 1.42 bits per heavy atom. The van der Waals surface area contributed by atoms with Gasteiger partial charge in [-0.1, -0.05) is 29.3 Å². The Hall–Kier alpha value is -1.43. The third-order valence-corrected chi connectivity index (χ3v) is 3.44. The first-order valence-electron chi connectivity index (χ1n) is 6.17. The van der Waals surface area contributed by atoms with E-state index in [1.807, 2.05) is 0 Å². The van der Waals surface area contributed by atoms with Crippen molar-refractivity contribution in [1.29, 1.82) is 0 Å². The third-order valence-electron chi connectivity index (χ3n) is 2.99. The van der Waals surface area contributed by atoms with Crippen LogP contribution in [0.5, 0.6) is 0 Å². The Labute approximate surface area is 120 Å². The van der Waals surface area contributed by atoms with Crippen molar-refractivity contribution in [2.24, 2.45) is 5.92 Å². The number of nitro benzene ring substituents is 1. The molecular formula is C13H17BrN2O3. The Kier molecular flexibility index (Phi) is 6.49. The summed E-state index contributed by atoms with van der Waals surface area (Å²) in [6, 6.07) is 5.62. The number of hydrogen-bond acceptors (Lipinski definition) is 3. The molecule has 0 aromatic heterocycles. The molecule has 104 valence electrons. The zero-order valence-electron chi connectivity index (χ0n) is 10.8. The van der Waals surface area contributed by atoms with Crippen LogP contribution in [0.15, 0.2) is 24.3 Å². The SMILES string of the molecule is CCC(CCBr)CNC(=O)c1ccc([N+](=O)[O-])cc1. The number of nitrogens with one attached hydrogen (secondary N) is 1. The summed E-state index contributed by atoms with van der Waals surface area (Å²) in [7, 11) is 0. The van der Waals surface area contributed by atoms with Gasteiger partial charge in [-0.2, -0.15) is 0 Å². The summed E-state index contributed by atoms with van der Waals surface area (Å²) in [5.41, 5.74) is 0.432. The number of hydrogen-bond donors (Lipinski definition) is 1. The highest BCUT2D eigenvalue weighted by atomic mass is 79.9. The molecule has 0 aliphatic rings. The van der Waals surface area contributed by atoms with E-state index in [4.69, 9.17) is 0 Å². The molecular weight excluding hydrogens is 312 g/mol. The van der Waals surface area contributed by atoms with Gasteiger partial charge in [0.2, 0.25) is 0 Å². The normalized spacial score (nSPS) is 11.9. The standard InChI is InChI=1S/C13H17BrN2O3/c1-2-10(7-8-14)9-15-13(17)11-3-5-12(6-4-11)16(18)19/h3-6,10H,2,7-9H2,1H3,(H,15,17). The molecule has 1 aromatic rings. The Morgan fingerprint density at radius 3 is 2.53 bits per heavy atom. The molecule has 1 amide bonds. The zero-order valence-corrected chi connectivity index (χ0v) is 12.4. The van der Waals surface area contributed by atoms with Crippen molar-refractivity contribution in [2.45, 2.75) is 19.8 Å². The van der Waals surface area contributed by atoms with Crippen LogP contribution in [0, 0.1) is 16.0 Å². The summed E-state index contributed by atoms with van der Waals surface area (Å²) in [5, 5.41) is 14.3. The first-order chi connectivity index (χ1) is 9.08. The Morgan fingerprint density at radius 2 is 2.05 bits per heavy atom. The van der Waals surface area contributed by atoms with Gasteiger partial charge in [-0.15, -0.1) is 0 Å². The van der Waals surface area contributed by atoms with E-state index in [0.29, 0.717) is 18.0 Å². The minimum absolute atomic E-state index is 0.0118. The van der Waals surface area contributed by atoms with E-state index in [9.17, 15) is 14.9 Å². The van der Waals surface area contributed by atoms with Crippen LogP contribution >= 0.6 is 15.9 Å². The summed E-state index contributed by atoms with van der Waals surface area (Å²) >= 11 is 3.39. The van der Waals surface area contributed by atoms with E-state index >= 15 is 0 Å². The van der Waals surface area contributed by atoms with Crippen LogP contribution < -0.4 is 5.32 Å². The van der Waals surface area contributed by atoms with Gasteiger partial charge in [0.15, 0.2) is 0 Å². The van der Waals surface area contributed by atoms with E-state index < -0.39 is 4.92 Å². The fourth-order valence-electron chi connectivity index (χ4n) is 1.68. The second kappa shape index (κ2) is 7.89. The average molecular weight is 329 g/mol. The predicted octanol–water partition coefficient (Wildman–Crippen LogP) is 3.14. The van der Waals surface area contributed by atoms with Gasteiger partial charge in [-0.05, 0) is 24.5 Å². The molecule has 0 fully saturated rings. The molecule has 1 atom stereocenters. The maximum absolute atomic E-state index is 11.9. The third kappa shape index (κ3) is 4.98. The highest BCUT2D eigenvalue weighted by molar-refractivity contribution is 9.09. The van der Waals surface area contributed by atoms with Gasteiger partial charge in [0.05, 0.1) is 4.92 Å². The summed E-state index contributed by atoms with van der Waals surface area (Å²) < 4.78 is 0. The van der Waals surface area contributed by atoms with Crippen molar-refractivity contribution in [3.8, 4) is 0 Å². The van der Waals surface area contributed by atoms with Crippen molar-refractivity contribution in [2.75, 3.05) is 11.9 Å². The topological polar surface area (TPSA) is 72.2 Å². The lowest BCUT2D eigenvalue weighted by atomic mass is 10.0. The first kappa shape index (κ1) is 15.6. The second-order valence-corrected chi connectivity index (χ2v) is 5.06. The number of carbonyl (C=O) groups is 1. The lowest BCUT2D eigenvalue weighted by Gasteiger charge is -2.14. The molecule has 6 heteroatoms.